The van der Waals surface area contributed by atoms with Crippen LogP contribution in [0.5, 0.6) is 5.88 Å². The van der Waals surface area contributed by atoms with Crippen molar-refractivity contribution in [2.24, 2.45) is 16.8 Å². The molecule has 184 valence electrons. The van der Waals surface area contributed by atoms with E-state index in [4.69, 9.17) is 9.73 Å². The first-order chi connectivity index (χ1) is 16.2. The van der Waals surface area contributed by atoms with Gasteiger partial charge in [-0.2, -0.15) is 0 Å². The molecule has 4 rings (SSSR count). The summed E-state index contributed by atoms with van der Waals surface area (Å²) in [5.41, 5.74) is 2.33. The molecule has 1 aromatic heterocycles. The van der Waals surface area contributed by atoms with Crippen molar-refractivity contribution in [2.45, 2.75) is 39.2 Å². The fourth-order valence-electron chi connectivity index (χ4n) is 3.98. The van der Waals surface area contributed by atoms with Gasteiger partial charge in [-0.1, -0.05) is 30.3 Å². The van der Waals surface area contributed by atoms with E-state index in [2.05, 4.69) is 34.7 Å². The summed E-state index contributed by atoms with van der Waals surface area (Å²) in [6.07, 6.45) is 5.79. The normalized spacial score (nSPS) is 17.9. The predicted octanol–water partition coefficient (Wildman–Crippen LogP) is 3.63. The molecule has 1 atom stereocenters. The number of ether oxygens (including phenoxy) is 1. The van der Waals surface area contributed by atoms with Crippen molar-refractivity contribution in [3.63, 3.8) is 0 Å². The van der Waals surface area contributed by atoms with Gasteiger partial charge < -0.3 is 20.3 Å². The number of pyridine rings is 1. The predicted molar refractivity (Wildman–Crippen MR) is 146 cm³/mol. The first-order valence-electron chi connectivity index (χ1n) is 12.1. The maximum absolute atomic E-state index is 12.5. The molecule has 1 aromatic carbocycles. The van der Waals surface area contributed by atoms with E-state index in [1.807, 2.05) is 35.2 Å². The van der Waals surface area contributed by atoms with Gasteiger partial charge in [0.05, 0.1) is 13.2 Å². The minimum Gasteiger partial charge on any atom is -0.477 e. The van der Waals surface area contributed by atoms with Gasteiger partial charge in [-0.05, 0) is 49.3 Å². The number of guanidine groups is 1. The molecule has 2 aromatic rings. The fourth-order valence-corrected chi connectivity index (χ4v) is 3.98. The number of nitrogens with one attached hydrogen (secondary N) is 2. The van der Waals surface area contributed by atoms with Crippen LogP contribution in [0.25, 0.3) is 0 Å². The van der Waals surface area contributed by atoms with Gasteiger partial charge in [0.2, 0.25) is 11.8 Å². The summed E-state index contributed by atoms with van der Waals surface area (Å²) in [7, 11) is 0. The zero-order chi connectivity index (χ0) is 22.9. The largest absolute Gasteiger partial charge is 0.477 e. The van der Waals surface area contributed by atoms with E-state index in [1.54, 1.807) is 6.20 Å². The van der Waals surface area contributed by atoms with Gasteiger partial charge in [0.1, 0.15) is 0 Å². The first kappa shape index (κ1) is 26.2. The lowest BCUT2D eigenvalue weighted by Gasteiger charge is -2.18. The zero-order valence-electron chi connectivity index (χ0n) is 19.9. The molecule has 2 heterocycles. The summed E-state index contributed by atoms with van der Waals surface area (Å²) in [5.74, 6) is 2.68. The van der Waals surface area contributed by atoms with Crippen LogP contribution in [0.4, 0.5) is 0 Å². The number of aromatic nitrogens is 1. The standard InChI is InChI=1S/C26H35N5O2.HI/c1-2-27-26(29-16-22-10-12-28-24(14-22)33-19-21-8-9-21)30-17-23-15-25(32)31(18-23)13-11-20-6-4-3-5-7-20;/h3-7,10,12,14,21,23H,2,8-9,11,13,15-19H2,1H3,(H2,27,29,30);1H. The van der Waals surface area contributed by atoms with Crippen LogP contribution in [0.2, 0.25) is 0 Å². The lowest BCUT2D eigenvalue weighted by Crippen LogP contribution is -2.40. The summed E-state index contributed by atoms with van der Waals surface area (Å²) in [5, 5.41) is 6.73. The molecule has 0 radical (unpaired) electrons. The second-order valence-electron chi connectivity index (χ2n) is 8.98. The number of amides is 1. The Labute approximate surface area is 219 Å². The van der Waals surface area contributed by atoms with E-state index in [1.165, 1.54) is 18.4 Å². The van der Waals surface area contributed by atoms with E-state index >= 15 is 0 Å². The molecule has 1 aliphatic carbocycles. The molecule has 2 N–H and O–H groups in total. The van der Waals surface area contributed by atoms with Gasteiger partial charge in [-0.15, -0.1) is 24.0 Å². The number of halogens is 1. The quantitative estimate of drug-likeness (QED) is 0.242. The Morgan fingerprint density at radius 3 is 2.74 bits per heavy atom. The maximum atomic E-state index is 12.5. The summed E-state index contributed by atoms with van der Waals surface area (Å²) in [4.78, 5) is 23.5. The molecule has 1 saturated carbocycles. The average molecular weight is 578 g/mol. The van der Waals surface area contributed by atoms with Gasteiger partial charge >= 0.3 is 0 Å². The molecule has 0 bridgehead atoms. The van der Waals surface area contributed by atoms with Crippen molar-refractivity contribution in [2.75, 3.05) is 32.8 Å². The van der Waals surface area contributed by atoms with Crippen molar-refractivity contribution < 1.29 is 9.53 Å². The monoisotopic (exact) mass is 577 g/mol. The minimum absolute atomic E-state index is 0. The molecular formula is C26H36IN5O2. The molecule has 8 heteroatoms. The molecule has 1 amide bonds. The van der Waals surface area contributed by atoms with Crippen LogP contribution in [0, 0.1) is 11.8 Å². The van der Waals surface area contributed by atoms with Gasteiger partial charge in [-0.3, -0.25) is 4.79 Å². The van der Waals surface area contributed by atoms with Crippen molar-refractivity contribution in [1.82, 2.24) is 20.5 Å². The van der Waals surface area contributed by atoms with Crippen LogP contribution in [-0.4, -0.2) is 54.5 Å². The molecule has 34 heavy (non-hydrogen) atoms. The molecule has 1 unspecified atom stereocenters. The number of nitrogens with zero attached hydrogens (tertiary/aromatic N) is 3. The SMILES string of the molecule is CCNC(=NCc1ccnc(OCC2CC2)c1)NCC1CC(=O)N(CCc2ccccc2)C1.I. The Hall–Kier alpha value is -2.36. The number of carbonyl (C=O) groups excluding carboxylic acids is 1. The first-order valence-corrected chi connectivity index (χ1v) is 12.1. The second-order valence-corrected chi connectivity index (χ2v) is 8.98. The van der Waals surface area contributed by atoms with Gasteiger partial charge in [0, 0.05) is 50.8 Å². The number of hydrogen-bond acceptors (Lipinski definition) is 4. The molecule has 0 spiro atoms. The van der Waals surface area contributed by atoms with E-state index in [0.29, 0.717) is 30.7 Å². The maximum Gasteiger partial charge on any atom is 0.223 e. The van der Waals surface area contributed by atoms with Gasteiger partial charge in [-0.25, -0.2) is 9.98 Å². The third-order valence-corrected chi connectivity index (χ3v) is 6.09. The van der Waals surface area contributed by atoms with Crippen molar-refractivity contribution in [3.8, 4) is 5.88 Å². The zero-order valence-corrected chi connectivity index (χ0v) is 22.2. The average Bonchev–Trinajstić information content (AvgIpc) is 3.60. The van der Waals surface area contributed by atoms with E-state index < -0.39 is 0 Å². The summed E-state index contributed by atoms with van der Waals surface area (Å²) >= 11 is 0. The van der Waals surface area contributed by atoms with Crippen LogP contribution >= 0.6 is 24.0 Å². The van der Waals surface area contributed by atoms with Gasteiger partial charge in [0.25, 0.3) is 0 Å². The van der Waals surface area contributed by atoms with Crippen molar-refractivity contribution in [3.05, 3.63) is 59.8 Å². The smallest absolute Gasteiger partial charge is 0.223 e. The minimum atomic E-state index is 0. The van der Waals surface area contributed by atoms with E-state index in [-0.39, 0.29) is 29.9 Å². The Bertz CT molecular complexity index is 936. The number of rotatable bonds is 11. The lowest BCUT2D eigenvalue weighted by molar-refractivity contribution is -0.127. The van der Waals surface area contributed by atoms with Crippen LogP contribution in [0.15, 0.2) is 53.7 Å². The van der Waals surface area contributed by atoms with Gasteiger partial charge in [0.15, 0.2) is 5.96 Å². The molecule has 1 aliphatic heterocycles. The summed E-state index contributed by atoms with van der Waals surface area (Å²) in [6, 6.07) is 14.3. The van der Waals surface area contributed by atoms with Crippen LogP contribution in [-0.2, 0) is 17.8 Å². The highest BCUT2D eigenvalue weighted by molar-refractivity contribution is 14.0. The van der Waals surface area contributed by atoms with Crippen LogP contribution in [0.3, 0.4) is 0 Å². The Kier molecular flexibility index (Phi) is 10.4. The molecule has 2 aliphatic rings. The Morgan fingerprint density at radius 2 is 1.97 bits per heavy atom. The van der Waals surface area contributed by atoms with Crippen LogP contribution < -0.4 is 15.4 Å². The van der Waals surface area contributed by atoms with E-state index in [0.717, 1.165) is 50.7 Å². The van der Waals surface area contributed by atoms with Crippen molar-refractivity contribution >= 4 is 35.8 Å². The van der Waals surface area contributed by atoms with E-state index in [9.17, 15) is 4.79 Å². The molecule has 7 nitrogen and oxygen atoms in total. The number of carbonyl (C=O) groups is 1. The molecule has 1 saturated heterocycles. The van der Waals surface area contributed by atoms with Crippen LogP contribution in [0.1, 0.15) is 37.3 Å². The Morgan fingerprint density at radius 1 is 1.15 bits per heavy atom. The number of aliphatic imine (C=N–C) groups is 1. The number of likely N-dealkylation sites (tertiary alicyclic amines) is 1. The highest BCUT2D eigenvalue weighted by Crippen LogP contribution is 2.29. The third-order valence-electron chi connectivity index (χ3n) is 6.09. The van der Waals surface area contributed by atoms with Crippen molar-refractivity contribution in [1.29, 1.82) is 0 Å². The molecular weight excluding hydrogens is 541 g/mol. The summed E-state index contributed by atoms with van der Waals surface area (Å²) < 4.78 is 5.78. The third kappa shape index (κ3) is 8.45. The highest BCUT2D eigenvalue weighted by atomic mass is 127. The lowest BCUT2D eigenvalue weighted by atomic mass is 10.1. The fraction of sp³-hybridized carbons (Fsp3) is 0.500. The second kappa shape index (κ2) is 13.5. The number of benzene rings is 1. The number of hydrogen-bond donors (Lipinski definition) is 2. The topological polar surface area (TPSA) is 78.9 Å². The Balaban J connectivity index is 0.00000324. The highest BCUT2D eigenvalue weighted by Gasteiger charge is 2.29. The molecule has 2 fully saturated rings. The summed E-state index contributed by atoms with van der Waals surface area (Å²) in [6.45, 7) is 6.44.